The fourth-order valence-electron chi connectivity index (χ4n) is 2.94. The molecule has 0 unspecified atom stereocenters. The molecule has 2 rings (SSSR count). The van der Waals surface area contributed by atoms with E-state index in [1.54, 1.807) is 0 Å². The zero-order valence-corrected chi connectivity index (χ0v) is 9.19. The first-order chi connectivity index (χ1) is 7.27. The van der Waals surface area contributed by atoms with Crippen molar-refractivity contribution < 1.29 is 18.3 Å². The lowest BCUT2D eigenvalue weighted by molar-refractivity contribution is -0.195. The number of hydrogen-bond donors (Lipinski definition) is 2. The van der Waals surface area contributed by atoms with Crippen LogP contribution in [0.15, 0.2) is 0 Å². The summed E-state index contributed by atoms with van der Waals surface area (Å²) in [5.74, 6) is -1.23. The van der Waals surface area contributed by atoms with Crippen LogP contribution in [0.4, 0.5) is 13.2 Å². The number of halogens is 3. The Morgan fingerprint density at radius 3 is 1.88 bits per heavy atom. The van der Waals surface area contributed by atoms with Gasteiger partial charge < -0.3 is 10.8 Å². The minimum absolute atomic E-state index is 0.0578. The van der Waals surface area contributed by atoms with Crippen molar-refractivity contribution in [1.82, 2.24) is 0 Å². The van der Waals surface area contributed by atoms with Crippen LogP contribution in [-0.4, -0.2) is 22.4 Å². The van der Waals surface area contributed by atoms with Gasteiger partial charge in [0.25, 0.3) is 0 Å². The maximum absolute atomic E-state index is 12.5. The Bertz CT molecular complexity index is 265. The molecule has 2 aliphatic rings. The van der Waals surface area contributed by atoms with Crippen LogP contribution in [-0.2, 0) is 0 Å². The molecule has 5 heteroatoms. The highest BCUT2D eigenvalue weighted by Crippen LogP contribution is 2.49. The Hall–Kier alpha value is -0.290. The molecule has 0 aromatic heterocycles. The van der Waals surface area contributed by atoms with Gasteiger partial charge in [-0.3, -0.25) is 0 Å². The standard InChI is InChI=1S/C11H18F3NO/c12-11(13,14)8-2-6-9(15,7-3-8)10(16)4-1-5-10/h8,16H,1-7,15H2. The Morgan fingerprint density at radius 2 is 1.56 bits per heavy atom. The number of rotatable bonds is 1. The van der Waals surface area contributed by atoms with E-state index in [0.29, 0.717) is 12.8 Å². The van der Waals surface area contributed by atoms with Gasteiger partial charge in [-0.25, -0.2) is 0 Å². The molecule has 0 spiro atoms. The zero-order chi connectivity index (χ0) is 12.0. The Labute approximate surface area is 93.0 Å². The third-order valence-corrected chi connectivity index (χ3v) is 4.45. The van der Waals surface area contributed by atoms with Crippen molar-refractivity contribution in [2.75, 3.05) is 0 Å². The van der Waals surface area contributed by atoms with Gasteiger partial charge in [0.05, 0.1) is 11.5 Å². The molecule has 2 aliphatic carbocycles. The number of hydrogen-bond acceptors (Lipinski definition) is 2. The molecule has 0 aliphatic heterocycles. The van der Waals surface area contributed by atoms with Crippen molar-refractivity contribution >= 4 is 0 Å². The maximum Gasteiger partial charge on any atom is 0.391 e. The van der Waals surface area contributed by atoms with E-state index in [9.17, 15) is 18.3 Å². The molecule has 2 nitrogen and oxygen atoms in total. The molecule has 2 saturated carbocycles. The maximum atomic E-state index is 12.5. The lowest BCUT2D eigenvalue weighted by Gasteiger charge is -2.53. The van der Waals surface area contributed by atoms with E-state index >= 15 is 0 Å². The second kappa shape index (κ2) is 3.60. The first-order valence-corrected chi connectivity index (χ1v) is 5.85. The van der Waals surface area contributed by atoms with Crippen molar-refractivity contribution in [2.45, 2.75) is 62.3 Å². The van der Waals surface area contributed by atoms with Crippen LogP contribution in [0.2, 0.25) is 0 Å². The summed E-state index contributed by atoms with van der Waals surface area (Å²) in [5, 5.41) is 10.2. The van der Waals surface area contributed by atoms with E-state index in [1.807, 2.05) is 0 Å². The average Bonchev–Trinajstić information content (AvgIpc) is 2.13. The lowest BCUT2D eigenvalue weighted by Crippen LogP contribution is -2.65. The van der Waals surface area contributed by atoms with Gasteiger partial charge in [-0.2, -0.15) is 13.2 Å². The largest absolute Gasteiger partial charge is 0.391 e. The fraction of sp³-hybridized carbons (Fsp3) is 1.00. The zero-order valence-electron chi connectivity index (χ0n) is 9.19. The van der Waals surface area contributed by atoms with E-state index in [2.05, 4.69) is 0 Å². The van der Waals surface area contributed by atoms with Gasteiger partial charge >= 0.3 is 6.18 Å². The monoisotopic (exact) mass is 237 g/mol. The summed E-state index contributed by atoms with van der Waals surface area (Å²) >= 11 is 0. The average molecular weight is 237 g/mol. The summed E-state index contributed by atoms with van der Waals surface area (Å²) in [6, 6.07) is 0. The quantitative estimate of drug-likeness (QED) is 0.735. The van der Waals surface area contributed by atoms with Gasteiger partial charge in [-0.05, 0) is 44.9 Å². The topological polar surface area (TPSA) is 46.2 Å². The van der Waals surface area contributed by atoms with Crippen LogP contribution in [0, 0.1) is 5.92 Å². The minimum atomic E-state index is -4.11. The van der Waals surface area contributed by atoms with E-state index in [-0.39, 0.29) is 25.7 Å². The Balaban J connectivity index is 1.99. The Kier molecular flexibility index (Phi) is 2.74. The van der Waals surface area contributed by atoms with Gasteiger partial charge in [-0.15, -0.1) is 0 Å². The molecule has 0 aromatic carbocycles. The number of alkyl halides is 3. The third kappa shape index (κ3) is 1.84. The first-order valence-electron chi connectivity index (χ1n) is 5.85. The predicted octanol–water partition coefficient (Wildman–Crippen LogP) is 2.35. The summed E-state index contributed by atoms with van der Waals surface area (Å²) < 4.78 is 37.4. The molecule has 0 aromatic rings. The van der Waals surface area contributed by atoms with E-state index < -0.39 is 23.2 Å². The van der Waals surface area contributed by atoms with Gasteiger partial charge in [0.2, 0.25) is 0 Å². The second-order valence-electron chi connectivity index (χ2n) is 5.36. The van der Waals surface area contributed by atoms with Gasteiger partial charge in [0, 0.05) is 5.54 Å². The molecule has 3 N–H and O–H groups in total. The molecular weight excluding hydrogens is 219 g/mol. The Morgan fingerprint density at radius 1 is 1.06 bits per heavy atom. The van der Waals surface area contributed by atoms with Crippen LogP contribution >= 0.6 is 0 Å². The smallest absolute Gasteiger partial charge is 0.388 e. The van der Waals surface area contributed by atoms with E-state index in [4.69, 9.17) is 5.73 Å². The second-order valence-corrected chi connectivity index (χ2v) is 5.36. The summed E-state index contributed by atoms with van der Waals surface area (Å²) in [7, 11) is 0. The molecule has 0 bridgehead atoms. The van der Waals surface area contributed by atoms with Gasteiger partial charge in [0.15, 0.2) is 0 Å². The number of aliphatic hydroxyl groups is 1. The molecule has 16 heavy (non-hydrogen) atoms. The molecule has 0 saturated heterocycles. The highest BCUT2D eigenvalue weighted by Gasteiger charge is 2.55. The first kappa shape index (κ1) is 12.2. The van der Waals surface area contributed by atoms with Crippen molar-refractivity contribution in [1.29, 1.82) is 0 Å². The fourth-order valence-corrected chi connectivity index (χ4v) is 2.94. The van der Waals surface area contributed by atoms with Gasteiger partial charge in [0.1, 0.15) is 0 Å². The minimum Gasteiger partial charge on any atom is -0.388 e. The predicted molar refractivity (Wildman–Crippen MR) is 53.7 cm³/mol. The molecule has 0 atom stereocenters. The van der Waals surface area contributed by atoms with E-state index in [0.717, 1.165) is 6.42 Å². The SMILES string of the molecule is NC1(C2(O)CCC2)CCC(C(F)(F)F)CC1. The molecular formula is C11H18F3NO. The molecule has 2 fully saturated rings. The molecule has 0 heterocycles. The summed E-state index contributed by atoms with van der Waals surface area (Å²) in [5.41, 5.74) is 4.40. The van der Waals surface area contributed by atoms with E-state index in [1.165, 1.54) is 0 Å². The van der Waals surface area contributed by atoms with Crippen LogP contribution in [0.3, 0.4) is 0 Å². The molecule has 94 valence electrons. The van der Waals surface area contributed by atoms with Crippen molar-refractivity contribution in [3.05, 3.63) is 0 Å². The number of nitrogens with two attached hydrogens (primary N) is 1. The van der Waals surface area contributed by atoms with Crippen LogP contribution in [0.1, 0.15) is 44.9 Å². The highest BCUT2D eigenvalue weighted by molar-refractivity contribution is 5.10. The van der Waals surface area contributed by atoms with Crippen molar-refractivity contribution in [3.63, 3.8) is 0 Å². The normalized spacial score (nSPS) is 39.2. The van der Waals surface area contributed by atoms with Crippen LogP contribution < -0.4 is 5.73 Å². The lowest BCUT2D eigenvalue weighted by atomic mass is 9.60. The van der Waals surface area contributed by atoms with Crippen molar-refractivity contribution in [2.24, 2.45) is 11.7 Å². The summed E-state index contributed by atoms with van der Waals surface area (Å²) in [4.78, 5) is 0. The summed E-state index contributed by atoms with van der Waals surface area (Å²) in [6.07, 6.45) is -1.21. The van der Waals surface area contributed by atoms with Crippen LogP contribution in [0.25, 0.3) is 0 Å². The van der Waals surface area contributed by atoms with Gasteiger partial charge in [-0.1, -0.05) is 0 Å². The third-order valence-electron chi connectivity index (χ3n) is 4.45. The van der Waals surface area contributed by atoms with Crippen molar-refractivity contribution in [3.8, 4) is 0 Å². The molecule has 0 radical (unpaired) electrons. The molecule has 0 amide bonds. The highest BCUT2D eigenvalue weighted by atomic mass is 19.4. The van der Waals surface area contributed by atoms with Crippen LogP contribution in [0.5, 0.6) is 0 Å². The summed E-state index contributed by atoms with van der Waals surface area (Å²) in [6.45, 7) is 0.